The number of benzene rings is 1. The summed E-state index contributed by atoms with van der Waals surface area (Å²) in [5, 5.41) is 0. The van der Waals surface area contributed by atoms with Gasteiger partial charge in [-0.1, -0.05) is 48.0 Å². The number of aromatic nitrogens is 2. The molecule has 0 bridgehead atoms. The summed E-state index contributed by atoms with van der Waals surface area (Å²) < 4.78 is 4.40. The Morgan fingerprint density at radius 2 is 2.00 bits per heavy atom. The molecule has 0 aliphatic carbocycles. The molecule has 2 aromatic heterocycles. The van der Waals surface area contributed by atoms with Gasteiger partial charge in [-0.15, -0.1) is 0 Å². The quantitative estimate of drug-likeness (QED) is 0.481. The van der Waals surface area contributed by atoms with E-state index in [1.54, 1.807) is 0 Å². The van der Waals surface area contributed by atoms with E-state index in [1.807, 2.05) is 12.1 Å². The Balaban J connectivity index is 2.28. The number of halogens is 2. The van der Waals surface area contributed by atoms with Gasteiger partial charge in [0.05, 0.1) is 0 Å². The number of hydrogen-bond acceptors (Lipinski definition) is 1. The third-order valence-electron chi connectivity index (χ3n) is 3.34. The molecule has 0 aliphatic heterocycles. The van der Waals surface area contributed by atoms with E-state index in [9.17, 15) is 0 Å². The zero-order chi connectivity index (χ0) is 14.3. The highest BCUT2D eigenvalue weighted by Gasteiger charge is 2.15. The standard InChI is InChI=1S/C16H14BrIN2/c1-10(2)13-7-4-8-20-15(18)14(19-16(13)20)11-5-3-6-12(17)9-11/h3-10H,1-2H3. The van der Waals surface area contributed by atoms with Crippen LogP contribution in [0.15, 0.2) is 47.1 Å². The molecule has 102 valence electrons. The van der Waals surface area contributed by atoms with E-state index in [0.29, 0.717) is 5.92 Å². The minimum Gasteiger partial charge on any atom is -0.294 e. The Morgan fingerprint density at radius 1 is 1.20 bits per heavy atom. The molecule has 3 rings (SSSR count). The van der Waals surface area contributed by atoms with Crippen LogP contribution >= 0.6 is 38.5 Å². The molecule has 20 heavy (non-hydrogen) atoms. The topological polar surface area (TPSA) is 17.3 Å². The molecule has 0 atom stereocenters. The van der Waals surface area contributed by atoms with Crippen LogP contribution < -0.4 is 0 Å². The molecule has 0 unspecified atom stereocenters. The van der Waals surface area contributed by atoms with Crippen molar-refractivity contribution in [3.05, 3.63) is 56.3 Å². The maximum atomic E-state index is 4.88. The lowest BCUT2D eigenvalue weighted by Crippen LogP contribution is -1.94. The Labute approximate surface area is 140 Å². The van der Waals surface area contributed by atoms with Crippen molar-refractivity contribution in [1.82, 2.24) is 9.38 Å². The van der Waals surface area contributed by atoms with E-state index in [4.69, 9.17) is 4.98 Å². The molecule has 3 aromatic rings. The van der Waals surface area contributed by atoms with Gasteiger partial charge >= 0.3 is 0 Å². The van der Waals surface area contributed by atoms with Gasteiger partial charge in [0.2, 0.25) is 0 Å². The van der Waals surface area contributed by atoms with E-state index in [1.165, 1.54) is 5.56 Å². The van der Waals surface area contributed by atoms with Crippen LogP contribution in [0.4, 0.5) is 0 Å². The number of rotatable bonds is 2. The van der Waals surface area contributed by atoms with Gasteiger partial charge in [0, 0.05) is 16.2 Å². The Morgan fingerprint density at radius 3 is 2.70 bits per heavy atom. The van der Waals surface area contributed by atoms with Crippen molar-refractivity contribution in [3.8, 4) is 11.3 Å². The predicted molar refractivity (Wildman–Crippen MR) is 95.1 cm³/mol. The molecule has 0 N–H and O–H groups in total. The summed E-state index contributed by atoms with van der Waals surface area (Å²) in [4.78, 5) is 4.88. The van der Waals surface area contributed by atoms with E-state index < -0.39 is 0 Å². The van der Waals surface area contributed by atoms with Gasteiger partial charge in [-0.2, -0.15) is 0 Å². The molecule has 0 spiro atoms. The predicted octanol–water partition coefficient (Wildman–Crippen LogP) is 5.49. The first-order valence-electron chi connectivity index (χ1n) is 6.50. The molecular weight excluding hydrogens is 427 g/mol. The lowest BCUT2D eigenvalue weighted by molar-refractivity contribution is 0.862. The summed E-state index contributed by atoms with van der Waals surface area (Å²) in [6, 6.07) is 12.5. The van der Waals surface area contributed by atoms with Crippen LogP contribution in [0.25, 0.3) is 16.9 Å². The van der Waals surface area contributed by atoms with Crippen LogP contribution in [-0.4, -0.2) is 9.38 Å². The van der Waals surface area contributed by atoms with Gasteiger partial charge in [0.1, 0.15) is 15.0 Å². The van der Waals surface area contributed by atoms with Gasteiger partial charge in [-0.05, 0) is 52.3 Å². The number of imidazole rings is 1. The lowest BCUT2D eigenvalue weighted by Gasteiger charge is -2.06. The average Bonchev–Trinajstić information content (AvgIpc) is 2.76. The monoisotopic (exact) mass is 440 g/mol. The van der Waals surface area contributed by atoms with Crippen molar-refractivity contribution in [1.29, 1.82) is 0 Å². The summed E-state index contributed by atoms with van der Waals surface area (Å²) in [6.45, 7) is 4.41. The fourth-order valence-electron chi connectivity index (χ4n) is 2.33. The van der Waals surface area contributed by atoms with Crippen LogP contribution in [-0.2, 0) is 0 Å². The van der Waals surface area contributed by atoms with Gasteiger partial charge in [-0.3, -0.25) is 4.40 Å². The summed E-state index contributed by atoms with van der Waals surface area (Å²) in [5.41, 5.74) is 4.52. The van der Waals surface area contributed by atoms with E-state index >= 15 is 0 Å². The van der Waals surface area contributed by atoms with Crippen molar-refractivity contribution in [2.75, 3.05) is 0 Å². The van der Waals surface area contributed by atoms with Crippen LogP contribution in [0.3, 0.4) is 0 Å². The highest BCUT2D eigenvalue weighted by Crippen LogP contribution is 2.30. The second-order valence-corrected chi connectivity index (χ2v) is 7.01. The first kappa shape index (κ1) is 14.1. The molecule has 2 nitrogen and oxygen atoms in total. The van der Waals surface area contributed by atoms with Crippen molar-refractivity contribution in [3.63, 3.8) is 0 Å². The van der Waals surface area contributed by atoms with Crippen LogP contribution in [0.2, 0.25) is 0 Å². The number of pyridine rings is 1. The zero-order valence-corrected chi connectivity index (χ0v) is 15.0. The molecular formula is C16H14BrIN2. The normalized spacial score (nSPS) is 11.4. The number of fused-ring (bicyclic) bond motifs is 1. The molecule has 0 saturated carbocycles. The maximum absolute atomic E-state index is 4.88. The second-order valence-electron chi connectivity index (χ2n) is 5.07. The molecule has 0 fully saturated rings. The molecule has 4 heteroatoms. The number of nitrogens with zero attached hydrogens (tertiary/aromatic N) is 2. The fourth-order valence-corrected chi connectivity index (χ4v) is 3.55. The summed E-state index contributed by atoms with van der Waals surface area (Å²) in [5.74, 6) is 0.465. The minimum atomic E-state index is 0.465. The van der Waals surface area contributed by atoms with Gasteiger partial charge in [0.25, 0.3) is 0 Å². The first-order valence-corrected chi connectivity index (χ1v) is 8.37. The van der Waals surface area contributed by atoms with E-state index in [0.717, 1.165) is 25.1 Å². The van der Waals surface area contributed by atoms with Crippen molar-refractivity contribution in [2.45, 2.75) is 19.8 Å². The first-order chi connectivity index (χ1) is 9.58. The Hall–Kier alpha value is -0.880. The number of hydrogen-bond donors (Lipinski definition) is 0. The van der Waals surface area contributed by atoms with Crippen LogP contribution in [0.1, 0.15) is 25.3 Å². The third kappa shape index (κ3) is 2.39. The van der Waals surface area contributed by atoms with Crippen molar-refractivity contribution >= 4 is 44.2 Å². The van der Waals surface area contributed by atoms with Gasteiger partial charge in [0.15, 0.2) is 0 Å². The lowest BCUT2D eigenvalue weighted by atomic mass is 10.1. The maximum Gasteiger partial charge on any atom is 0.141 e. The molecule has 0 saturated heterocycles. The largest absolute Gasteiger partial charge is 0.294 e. The minimum absolute atomic E-state index is 0.465. The smallest absolute Gasteiger partial charge is 0.141 e. The highest BCUT2D eigenvalue weighted by molar-refractivity contribution is 14.1. The van der Waals surface area contributed by atoms with Crippen LogP contribution in [0.5, 0.6) is 0 Å². The highest BCUT2D eigenvalue weighted by atomic mass is 127. The summed E-state index contributed by atoms with van der Waals surface area (Å²) in [6.07, 6.45) is 2.08. The summed E-state index contributed by atoms with van der Waals surface area (Å²) >= 11 is 5.90. The molecule has 2 heterocycles. The molecule has 0 aliphatic rings. The van der Waals surface area contributed by atoms with Gasteiger partial charge in [-0.25, -0.2) is 4.98 Å². The van der Waals surface area contributed by atoms with Crippen molar-refractivity contribution < 1.29 is 0 Å². The van der Waals surface area contributed by atoms with Crippen LogP contribution in [0, 0.1) is 3.70 Å². The SMILES string of the molecule is CC(C)c1cccn2c(I)c(-c3cccc(Br)c3)nc12. The second kappa shape index (κ2) is 5.48. The van der Waals surface area contributed by atoms with Gasteiger partial charge < -0.3 is 0 Å². The Bertz CT molecular complexity index is 777. The Kier molecular flexibility index (Phi) is 3.86. The van der Waals surface area contributed by atoms with E-state index in [-0.39, 0.29) is 0 Å². The average molecular weight is 441 g/mol. The third-order valence-corrected chi connectivity index (χ3v) is 4.87. The molecule has 0 amide bonds. The van der Waals surface area contributed by atoms with Crippen molar-refractivity contribution in [2.24, 2.45) is 0 Å². The fraction of sp³-hybridized carbons (Fsp3) is 0.188. The molecule has 1 aromatic carbocycles. The zero-order valence-electron chi connectivity index (χ0n) is 11.3. The summed E-state index contributed by atoms with van der Waals surface area (Å²) in [7, 11) is 0. The van der Waals surface area contributed by atoms with E-state index in [2.05, 4.69) is 87.2 Å². The molecule has 0 radical (unpaired) electrons.